The summed E-state index contributed by atoms with van der Waals surface area (Å²) >= 11 is 0. The van der Waals surface area contributed by atoms with Crippen molar-refractivity contribution in [1.29, 1.82) is 0 Å². The fraction of sp³-hybridized carbons (Fsp3) is 0.545. The van der Waals surface area contributed by atoms with Crippen molar-refractivity contribution in [2.24, 2.45) is 7.05 Å². The molecule has 1 aliphatic heterocycles. The number of ether oxygens (including phenoxy) is 2. The van der Waals surface area contributed by atoms with Crippen molar-refractivity contribution >= 4 is 0 Å². The Hall–Kier alpha value is -1.29. The summed E-state index contributed by atoms with van der Waals surface area (Å²) < 4.78 is 12.5. The van der Waals surface area contributed by atoms with Crippen LogP contribution in [-0.2, 0) is 11.8 Å². The van der Waals surface area contributed by atoms with Crippen molar-refractivity contribution in [2.45, 2.75) is 18.9 Å². The van der Waals surface area contributed by atoms with Crippen molar-refractivity contribution in [3.8, 4) is 5.75 Å². The quantitative estimate of drug-likeness (QED) is 0.728. The lowest BCUT2D eigenvalue weighted by Crippen LogP contribution is -2.26. The average Bonchev–Trinajstić information content (AvgIpc) is 2.25. The van der Waals surface area contributed by atoms with Gasteiger partial charge in [-0.2, -0.15) is 0 Å². The van der Waals surface area contributed by atoms with Crippen LogP contribution in [0.2, 0.25) is 0 Å². The largest absolute Gasteiger partial charge is 0.490 e. The van der Waals surface area contributed by atoms with Gasteiger partial charge in [0.2, 0.25) is 0 Å². The monoisotopic (exact) mass is 209 g/mol. The molecule has 4 heteroatoms. The summed E-state index contributed by atoms with van der Waals surface area (Å²) in [4.78, 5) is 11.3. The second-order valence-corrected chi connectivity index (χ2v) is 3.74. The standard InChI is InChI=1S/C11H15NO3/c1-12-5-2-10(8-11(12)13)15-9-3-6-14-7-4-9/h2,5,8-9H,3-4,6-7H2,1H3. The Kier molecular flexibility index (Phi) is 3.06. The molecule has 15 heavy (non-hydrogen) atoms. The minimum Gasteiger partial charge on any atom is -0.490 e. The highest BCUT2D eigenvalue weighted by Crippen LogP contribution is 2.15. The SMILES string of the molecule is Cn1ccc(OC2CCOCC2)cc1=O. The molecular formula is C11H15NO3. The fourth-order valence-corrected chi connectivity index (χ4v) is 1.59. The van der Waals surface area contributed by atoms with Crippen LogP contribution in [0.1, 0.15) is 12.8 Å². The van der Waals surface area contributed by atoms with Gasteiger partial charge < -0.3 is 14.0 Å². The number of nitrogens with zero attached hydrogens (tertiary/aromatic N) is 1. The molecule has 0 bridgehead atoms. The minimum atomic E-state index is -0.0421. The number of aromatic nitrogens is 1. The van der Waals surface area contributed by atoms with Gasteiger partial charge in [0.15, 0.2) is 0 Å². The number of aryl methyl sites for hydroxylation is 1. The lowest BCUT2D eigenvalue weighted by atomic mass is 10.1. The van der Waals surface area contributed by atoms with E-state index >= 15 is 0 Å². The molecule has 0 N–H and O–H groups in total. The maximum Gasteiger partial charge on any atom is 0.253 e. The maximum absolute atomic E-state index is 11.3. The van der Waals surface area contributed by atoms with Crippen LogP contribution in [0, 0.1) is 0 Å². The molecule has 0 aromatic carbocycles. The van der Waals surface area contributed by atoms with Crippen molar-refractivity contribution in [1.82, 2.24) is 4.57 Å². The zero-order chi connectivity index (χ0) is 10.7. The van der Waals surface area contributed by atoms with Gasteiger partial charge in [0.05, 0.1) is 13.2 Å². The van der Waals surface area contributed by atoms with Crippen molar-refractivity contribution in [2.75, 3.05) is 13.2 Å². The lowest BCUT2D eigenvalue weighted by Gasteiger charge is -2.23. The molecule has 1 fully saturated rings. The van der Waals surface area contributed by atoms with E-state index in [1.165, 1.54) is 10.6 Å². The van der Waals surface area contributed by atoms with E-state index in [1.54, 1.807) is 13.2 Å². The van der Waals surface area contributed by atoms with Crippen LogP contribution in [0.5, 0.6) is 5.75 Å². The Morgan fingerprint density at radius 1 is 1.47 bits per heavy atom. The van der Waals surface area contributed by atoms with Crippen LogP contribution in [0.15, 0.2) is 23.1 Å². The van der Waals surface area contributed by atoms with Gasteiger partial charge in [0.25, 0.3) is 5.56 Å². The molecule has 0 unspecified atom stereocenters. The van der Waals surface area contributed by atoms with Gasteiger partial charge in [-0.3, -0.25) is 4.79 Å². The van der Waals surface area contributed by atoms with E-state index in [4.69, 9.17) is 9.47 Å². The molecule has 82 valence electrons. The maximum atomic E-state index is 11.3. The Bertz CT molecular complexity index is 380. The number of hydrogen-bond donors (Lipinski definition) is 0. The van der Waals surface area contributed by atoms with E-state index < -0.39 is 0 Å². The molecule has 0 radical (unpaired) electrons. The van der Waals surface area contributed by atoms with Gasteiger partial charge in [0.1, 0.15) is 11.9 Å². The summed E-state index contributed by atoms with van der Waals surface area (Å²) in [5.41, 5.74) is -0.0421. The predicted octanol–water partition coefficient (Wildman–Crippen LogP) is 0.943. The molecule has 2 rings (SSSR count). The van der Waals surface area contributed by atoms with Gasteiger partial charge in [0, 0.05) is 32.2 Å². The summed E-state index contributed by atoms with van der Waals surface area (Å²) in [7, 11) is 1.72. The van der Waals surface area contributed by atoms with Crippen molar-refractivity contribution in [3.63, 3.8) is 0 Å². The number of hydrogen-bond acceptors (Lipinski definition) is 3. The molecule has 2 heterocycles. The first-order chi connectivity index (χ1) is 7.25. The van der Waals surface area contributed by atoms with Crippen LogP contribution < -0.4 is 10.3 Å². The topological polar surface area (TPSA) is 40.5 Å². The second-order valence-electron chi connectivity index (χ2n) is 3.74. The normalized spacial score (nSPS) is 17.7. The van der Waals surface area contributed by atoms with E-state index in [0.29, 0.717) is 5.75 Å². The van der Waals surface area contributed by atoms with Crippen LogP contribution >= 0.6 is 0 Å². The first kappa shape index (κ1) is 10.2. The smallest absolute Gasteiger partial charge is 0.253 e. The zero-order valence-electron chi connectivity index (χ0n) is 8.81. The molecule has 0 saturated carbocycles. The molecule has 4 nitrogen and oxygen atoms in total. The summed E-state index contributed by atoms with van der Waals surface area (Å²) in [5, 5.41) is 0. The Balaban J connectivity index is 2.03. The highest BCUT2D eigenvalue weighted by Gasteiger charge is 2.15. The fourth-order valence-electron chi connectivity index (χ4n) is 1.59. The van der Waals surface area contributed by atoms with Crippen molar-refractivity contribution in [3.05, 3.63) is 28.7 Å². The molecule has 0 aliphatic carbocycles. The number of pyridine rings is 1. The summed E-state index contributed by atoms with van der Waals surface area (Å²) in [5.74, 6) is 0.657. The van der Waals surface area contributed by atoms with E-state index in [-0.39, 0.29) is 11.7 Å². The van der Waals surface area contributed by atoms with Gasteiger partial charge in [-0.1, -0.05) is 0 Å². The lowest BCUT2D eigenvalue weighted by molar-refractivity contribution is 0.0255. The van der Waals surface area contributed by atoms with Crippen LogP contribution in [0.3, 0.4) is 0 Å². The van der Waals surface area contributed by atoms with Crippen LogP contribution in [0.25, 0.3) is 0 Å². The molecule has 1 aromatic rings. The Labute approximate surface area is 88.4 Å². The summed E-state index contributed by atoms with van der Waals surface area (Å²) in [6, 6.07) is 3.34. The molecule has 0 amide bonds. The molecule has 0 atom stereocenters. The summed E-state index contributed by atoms with van der Waals surface area (Å²) in [6.45, 7) is 1.49. The predicted molar refractivity (Wildman–Crippen MR) is 56.2 cm³/mol. The van der Waals surface area contributed by atoms with Gasteiger partial charge >= 0.3 is 0 Å². The van der Waals surface area contributed by atoms with E-state index in [9.17, 15) is 4.79 Å². The van der Waals surface area contributed by atoms with Crippen molar-refractivity contribution < 1.29 is 9.47 Å². The third-order valence-corrected chi connectivity index (χ3v) is 2.55. The zero-order valence-corrected chi connectivity index (χ0v) is 8.81. The van der Waals surface area contributed by atoms with E-state index in [0.717, 1.165) is 26.1 Å². The van der Waals surface area contributed by atoms with E-state index in [2.05, 4.69) is 0 Å². The van der Waals surface area contributed by atoms with Gasteiger partial charge in [-0.15, -0.1) is 0 Å². The van der Waals surface area contributed by atoms with Crippen LogP contribution in [-0.4, -0.2) is 23.9 Å². The molecule has 1 aromatic heterocycles. The molecule has 1 saturated heterocycles. The van der Waals surface area contributed by atoms with Crippen LogP contribution in [0.4, 0.5) is 0 Å². The highest BCUT2D eigenvalue weighted by molar-refractivity contribution is 5.18. The van der Waals surface area contributed by atoms with Gasteiger partial charge in [-0.25, -0.2) is 0 Å². The average molecular weight is 209 g/mol. The molecule has 0 spiro atoms. The third kappa shape index (κ3) is 2.59. The second kappa shape index (κ2) is 4.49. The first-order valence-corrected chi connectivity index (χ1v) is 5.17. The summed E-state index contributed by atoms with van der Waals surface area (Å²) in [6.07, 6.45) is 3.70. The first-order valence-electron chi connectivity index (χ1n) is 5.17. The van der Waals surface area contributed by atoms with E-state index in [1.807, 2.05) is 6.07 Å². The minimum absolute atomic E-state index is 0.0421. The molecule has 1 aliphatic rings. The van der Waals surface area contributed by atoms with Gasteiger partial charge in [-0.05, 0) is 6.07 Å². The molecular weight excluding hydrogens is 194 g/mol. The third-order valence-electron chi connectivity index (χ3n) is 2.55. The number of rotatable bonds is 2. The highest BCUT2D eigenvalue weighted by atomic mass is 16.5. The Morgan fingerprint density at radius 2 is 2.20 bits per heavy atom. The Morgan fingerprint density at radius 3 is 2.87 bits per heavy atom.